The number of halogens is 1. The number of anilines is 1. The molecule has 30 heavy (non-hydrogen) atoms. The molecule has 0 saturated carbocycles. The van der Waals surface area contributed by atoms with Crippen molar-refractivity contribution in [2.24, 2.45) is 0 Å². The zero-order valence-electron chi connectivity index (χ0n) is 16.6. The fourth-order valence-electron chi connectivity index (χ4n) is 2.52. The van der Waals surface area contributed by atoms with Gasteiger partial charge in [0.1, 0.15) is 6.04 Å². The van der Waals surface area contributed by atoms with Crippen LogP contribution in [0.25, 0.3) is 0 Å². The number of esters is 1. The molecular formula is C20H23ClN2O5S2. The van der Waals surface area contributed by atoms with E-state index in [1.54, 1.807) is 25.1 Å². The SMILES string of the molecule is CCOC(=O)c1cccc(NC(=O)[C@H](CCSC)NS(=O)(=O)c2ccc(Cl)cc2)c1. The van der Waals surface area contributed by atoms with Crippen LogP contribution in [-0.4, -0.2) is 45.0 Å². The number of amides is 1. The molecule has 2 aromatic carbocycles. The molecule has 0 radical (unpaired) electrons. The minimum absolute atomic E-state index is 0.0122. The van der Waals surface area contributed by atoms with Gasteiger partial charge in [0.05, 0.1) is 17.1 Å². The maximum Gasteiger partial charge on any atom is 0.338 e. The highest BCUT2D eigenvalue weighted by Crippen LogP contribution is 2.17. The summed E-state index contributed by atoms with van der Waals surface area (Å²) in [4.78, 5) is 24.7. The molecule has 0 bridgehead atoms. The third-order valence-corrected chi connectivity index (χ3v) is 6.37. The van der Waals surface area contributed by atoms with Crippen LogP contribution in [0.15, 0.2) is 53.4 Å². The summed E-state index contributed by atoms with van der Waals surface area (Å²) >= 11 is 7.31. The molecule has 0 fully saturated rings. The third kappa shape index (κ3) is 7.02. The summed E-state index contributed by atoms with van der Waals surface area (Å²) in [6, 6.07) is 11.0. The van der Waals surface area contributed by atoms with Crippen molar-refractivity contribution in [2.75, 3.05) is 23.9 Å². The van der Waals surface area contributed by atoms with Gasteiger partial charge in [-0.05, 0) is 67.8 Å². The fraction of sp³-hybridized carbons (Fsp3) is 0.300. The Morgan fingerprint density at radius 1 is 1.17 bits per heavy atom. The molecule has 2 rings (SSSR count). The molecule has 162 valence electrons. The van der Waals surface area contributed by atoms with Gasteiger partial charge in [-0.2, -0.15) is 16.5 Å². The van der Waals surface area contributed by atoms with Gasteiger partial charge in [0, 0.05) is 10.7 Å². The molecular weight excluding hydrogens is 448 g/mol. The van der Waals surface area contributed by atoms with Crippen molar-refractivity contribution in [1.82, 2.24) is 4.72 Å². The lowest BCUT2D eigenvalue weighted by atomic mass is 10.2. The molecule has 0 aromatic heterocycles. The second kappa shape index (κ2) is 11.4. The van der Waals surface area contributed by atoms with Gasteiger partial charge in [-0.3, -0.25) is 4.79 Å². The average molecular weight is 471 g/mol. The Labute approximate surface area is 185 Å². The van der Waals surface area contributed by atoms with Crippen LogP contribution in [0.5, 0.6) is 0 Å². The first-order chi connectivity index (χ1) is 14.3. The number of nitrogens with one attached hydrogen (secondary N) is 2. The van der Waals surface area contributed by atoms with Crippen molar-refractivity contribution in [2.45, 2.75) is 24.3 Å². The molecule has 0 heterocycles. The number of ether oxygens (including phenoxy) is 1. The van der Waals surface area contributed by atoms with Gasteiger partial charge in [0.15, 0.2) is 0 Å². The fourth-order valence-corrected chi connectivity index (χ4v) is 4.34. The van der Waals surface area contributed by atoms with E-state index >= 15 is 0 Å². The molecule has 0 spiro atoms. The zero-order valence-corrected chi connectivity index (χ0v) is 18.9. The van der Waals surface area contributed by atoms with Crippen LogP contribution in [0.1, 0.15) is 23.7 Å². The van der Waals surface area contributed by atoms with Crippen molar-refractivity contribution >= 4 is 50.9 Å². The lowest BCUT2D eigenvalue weighted by molar-refractivity contribution is -0.117. The van der Waals surface area contributed by atoms with Gasteiger partial charge >= 0.3 is 5.97 Å². The Balaban J connectivity index is 2.18. The summed E-state index contributed by atoms with van der Waals surface area (Å²) in [6.07, 6.45) is 2.16. The maximum atomic E-state index is 12.8. The van der Waals surface area contributed by atoms with E-state index in [1.165, 1.54) is 42.1 Å². The van der Waals surface area contributed by atoms with Gasteiger partial charge in [-0.15, -0.1) is 0 Å². The van der Waals surface area contributed by atoms with Crippen molar-refractivity contribution in [1.29, 1.82) is 0 Å². The number of rotatable bonds is 10. The molecule has 1 amide bonds. The van der Waals surface area contributed by atoms with Crippen LogP contribution in [0, 0.1) is 0 Å². The second-order valence-corrected chi connectivity index (χ2v) is 9.34. The number of carbonyl (C=O) groups excluding carboxylic acids is 2. The van der Waals surface area contributed by atoms with E-state index in [0.29, 0.717) is 16.5 Å². The molecule has 0 unspecified atom stereocenters. The Morgan fingerprint density at radius 3 is 2.50 bits per heavy atom. The topological polar surface area (TPSA) is 102 Å². The van der Waals surface area contributed by atoms with E-state index < -0.39 is 27.9 Å². The number of thioether (sulfide) groups is 1. The summed E-state index contributed by atoms with van der Waals surface area (Å²) in [7, 11) is -3.93. The van der Waals surface area contributed by atoms with Crippen LogP contribution in [0.2, 0.25) is 5.02 Å². The summed E-state index contributed by atoms with van der Waals surface area (Å²) in [6.45, 7) is 1.94. The van der Waals surface area contributed by atoms with E-state index in [0.717, 1.165) is 0 Å². The Morgan fingerprint density at radius 2 is 1.87 bits per heavy atom. The van der Waals surface area contributed by atoms with Gasteiger partial charge < -0.3 is 10.1 Å². The lowest BCUT2D eigenvalue weighted by Crippen LogP contribution is -2.44. The van der Waals surface area contributed by atoms with Gasteiger partial charge in [-0.25, -0.2) is 13.2 Å². The quantitative estimate of drug-likeness (QED) is 0.515. The number of carbonyl (C=O) groups is 2. The predicted octanol–water partition coefficient (Wildman–Crippen LogP) is 3.56. The van der Waals surface area contributed by atoms with Gasteiger partial charge in [0.25, 0.3) is 0 Å². The highest BCUT2D eigenvalue weighted by Gasteiger charge is 2.25. The second-order valence-electron chi connectivity index (χ2n) is 6.20. The highest BCUT2D eigenvalue weighted by molar-refractivity contribution is 7.98. The van der Waals surface area contributed by atoms with Crippen LogP contribution >= 0.6 is 23.4 Å². The van der Waals surface area contributed by atoms with Crippen molar-refractivity contribution in [3.05, 3.63) is 59.1 Å². The molecule has 2 aromatic rings. The first-order valence-electron chi connectivity index (χ1n) is 9.11. The van der Waals surface area contributed by atoms with E-state index in [4.69, 9.17) is 16.3 Å². The van der Waals surface area contributed by atoms with E-state index in [-0.39, 0.29) is 23.5 Å². The smallest absolute Gasteiger partial charge is 0.338 e. The first kappa shape index (κ1) is 24.2. The maximum absolute atomic E-state index is 12.8. The molecule has 1 atom stereocenters. The van der Waals surface area contributed by atoms with E-state index in [1.807, 2.05) is 6.26 Å². The number of sulfonamides is 1. The third-order valence-electron chi connectivity index (χ3n) is 3.99. The van der Waals surface area contributed by atoms with Crippen LogP contribution < -0.4 is 10.0 Å². The van der Waals surface area contributed by atoms with Gasteiger partial charge in [0.2, 0.25) is 15.9 Å². The molecule has 0 aliphatic carbocycles. The normalized spacial score (nSPS) is 12.2. The standard InChI is InChI=1S/C20H23ClN2O5S2/c1-3-28-20(25)14-5-4-6-16(13-14)22-19(24)18(11-12-29-2)23-30(26,27)17-9-7-15(21)8-10-17/h4-10,13,18,23H,3,11-12H2,1-2H3,(H,22,24)/t18-/m0/s1. The summed E-state index contributed by atoms with van der Waals surface area (Å²) in [5.74, 6) is -0.456. The number of hydrogen-bond acceptors (Lipinski definition) is 6. The van der Waals surface area contributed by atoms with Gasteiger partial charge in [-0.1, -0.05) is 17.7 Å². The summed E-state index contributed by atoms with van der Waals surface area (Å²) in [5.41, 5.74) is 0.655. The summed E-state index contributed by atoms with van der Waals surface area (Å²) < 4.78 is 32.8. The van der Waals surface area contributed by atoms with Crippen LogP contribution in [0.3, 0.4) is 0 Å². The zero-order chi connectivity index (χ0) is 22.1. The number of benzene rings is 2. The molecule has 0 saturated heterocycles. The van der Waals surface area contributed by atoms with Crippen molar-refractivity contribution in [3.8, 4) is 0 Å². The molecule has 0 aliphatic rings. The molecule has 7 nitrogen and oxygen atoms in total. The predicted molar refractivity (Wildman–Crippen MR) is 120 cm³/mol. The van der Waals surface area contributed by atoms with Crippen molar-refractivity contribution < 1.29 is 22.7 Å². The molecule has 10 heteroatoms. The summed E-state index contributed by atoms with van der Waals surface area (Å²) in [5, 5.41) is 3.08. The van der Waals surface area contributed by atoms with E-state index in [2.05, 4.69) is 10.0 Å². The minimum atomic E-state index is -3.93. The Hall–Kier alpha value is -2.07. The minimum Gasteiger partial charge on any atom is -0.462 e. The average Bonchev–Trinajstić information content (AvgIpc) is 2.71. The first-order valence-corrected chi connectivity index (χ1v) is 12.4. The molecule has 0 aliphatic heterocycles. The highest BCUT2D eigenvalue weighted by atomic mass is 35.5. The monoisotopic (exact) mass is 470 g/mol. The lowest BCUT2D eigenvalue weighted by Gasteiger charge is -2.18. The van der Waals surface area contributed by atoms with Crippen LogP contribution in [0.4, 0.5) is 5.69 Å². The Kier molecular flexibility index (Phi) is 9.16. The Bertz CT molecular complexity index is 981. The van der Waals surface area contributed by atoms with Crippen LogP contribution in [-0.2, 0) is 19.6 Å². The van der Waals surface area contributed by atoms with E-state index in [9.17, 15) is 18.0 Å². The van der Waals surface area contributed by atoms with Crippen molar-refractivity contribution in [3.63, 3.8) is 0 Å². The number of hydrogen-bond donors (Lipinski definition) is 2. The molecule has 2 N–H and O–H groups in total. The largest absolute Gasteiger partial charge is 0.462 e.